The van der Waals surface area contributed by atoms with Crippen LogP contribution in [0.2, 0.25) is 0 Å². The van der Waals surface area contributed by atoms with Crippen LogP contribution in [0.15, 0.2) is 22.0 Å². The Hall–Kier alpha value is 0.680. The molecule has 0 radical (unpaired) electrons. The van der Waals surface area contributed by atoms with Gasteiger partial charge in [-0.1, -0.05) is 0 Å². The van der Waals surface area contributed by atoms with E-state index in [9.17, 15) is 0 Å². The first-order valence-corrected chi connectivity index (χ1v) is 6.92. The average Bonchev–Trinajstić information content (AvgIpc) is 2.49. The summed E-state index contributed by atoms with van der Waals surface area (Å²) in [5.74, 6) is 0.574. The predicted molar refractivity (Wildman–Crippen MR) is 71.8 cm³/mol. The van der Waals surface area contributed by atoms with E-state index in [1.54, 1.807) is 11.3 Å². The standard InChI is InChI=1S/C9H5BrClIS/c10-6-4-13-8-2-1-7(12)5(3-11)9(6)8/h1-2,4H,3H2. The Bertz CT molecular complexity index is 452. The molecule has 0 spiro atoms. The van der Waals surface area contributed by atoms with E-state index in [2.05, 4.69) is 56.0 Å². The number of hydrogen-bond donors (Lipinski definition) is 0. The van der Waals surface area contributed by atoms with Gasteiger partial charge in [0.1, 0.15) is 0 Å². The zero-order valence-electron chi connectivity index (χ0n) is 6.48. The van der Waals surface area contributed by atoms with Crippen LogP contribution in [0.5, 0.6) is 0 Å². The van der Waals surface area contributed by atoms with E-state index >= 15 is 0 Å². The summed E-state index contributed by atoms with van der Waals surface area (Å²) in [5.41, 5.74) is 1.23. The van der Waals surface area contributed by atoms with Crippen molar-refractivity contribution < 1.29 is 0 Å². The molecule has 0 nitrogen and oxygen atoms in total. The number of rotatable bonds is 1. The first kappa shape index (κ1) is 10.2. The Balaban J connectivity index is 2.88. The Labute approximate surface area is 108 Å². The molecule has 0 fully saturated rings. The van der Waals surface area contributed by atoms with Gasteiger partial charge in [-0.15, -0.1) is 22.9 Å². The lowest BCUT2D eigenvalue weighted by Gasteiger charge is -2.02. The normalized spacial score (nSPS) is 11.0. The van der Waals surface area contributed by atoms with Crippen molar-refractivity contribution in [3.05, 3.63) is 31.1 Å². The van der Waals surface area contributed by atoms with Gasteiger partial charge in [-0.05, 0) is 56.2 Å². The fourth-order valence-electron chi connectivity index (χ4n) is 1.27. The molecule has 0 bridgehead atoms. The monoisotopic (exact) mass is 386 g/mol. The highest BCUT2D eigenvalue weighted by atomic mass is 127. The van der Waals surface area contributed by atoms with Gasteiger partial charge in [0.15, 0.2) is 0 Å². The largest absolute Gasteiger partial charge is 0.143 e. The van der Waals surface area contributed by atoms with Crippen LogP contribution < -0.4 is 0 Å². The van der Waals surface area contributed by atoms with Crippen LogP contribution in [-0.2, 0) is 5.88 Å². The van der Waals surface area contributed by atoms with Crippen LogP contribution in [0.25, 0.3) is 10.1 Å². The molecule has 0 amide bonds. The van der Waals surface area contributed by atoms with Crippen LogP contribution in [0.4, 0.5) is 0 Å². The maximum atomic E-state index is 5.92. The molecule has 0 aliphatic rings. The summed E-state index contributed by atoms with van der Waals surface area (Å²) < 4.78 is 3.68. The van der Waals surface area contributed by atoms with E-state index in [-0.39, 0.29) is 0 Å². The van der Waals surface area contributed by atoms with Gasteiger partial charge in [0, 0.05) is 29.4 Å². The van der Waals surface area contributed by atoms with Gasteiger partial charge in [-0.2, -0.15) is 0 Å². The maximum absolute atomic E-state index is 5.92. The number of hydrogen-bond acceptors (Lipinski definition) is 1. The average molecular weight is 387 g/mol. The van der Waals surface area contributed by atoms with Gasteiger partial charge in [0.2, 0.25) is 0 Å². The number of halogens is 3. The molecular formula is C9H5BrClIS. The third-order valence-corrected chi connectivity index (χ3v) is 5.03. The van der Waals surface area contributed by atoms with Crippen molar-refractivity contribution in [2.75, 3.05) is 0 Å². The van der Waals surface area contributed by atoms with Crippen molar-refractivity contribution in [2.24, 2.45) is 0 Å². The van der Waals surface area contributed by atoms with Crippen LogP contribution in [0, 0.1) is 3.57 Å². The molecule has 0 aliphatic heterocycles. The Kier molecular flexibility index (Phi) is 3.18. The first-order chi connectivity index (χ1) is 6.24. The zero-order chi connectivity index (χ0) is 9.42. The van der Waals surface area contributed by atoms with Crippen molar-refractivity contribution in [2.45, 2.75) is 5.88 Å². The lowest BCUT2D eigenvalue weighted by molar-refractivity contribution is 1.42. The Morgan fingerprint density at radius 3 is 2.92 bits per heavy atom. The van der Waals surface area contributed by atoms with Crippen LogP contribution in [-0.4, -0.2) is 0 Å². The maximum Gasteiger partial charge on any atom is 0.0491 e. The summed E-state index contributed by atoms with van der Waals surface area (Å²) in [6, 6.07) is 4.26. The molecule has 0 saturated carbocycles. The van der Waals surface area contributed by atoms with Gasteiger partial charge < -0.3 is 0 Å². The summed E-state index contributed by atoms with van der Waals surface area (Å²) in [7, 11) is 0. The highest BCUT2D eigenvalue weighted by molar-refractivity contribution is 14.1. The molecule has 13 heavy (non-hydrogen) atoms. The molecule has 68 valence electrons. The van der Waals surface area contributed by atoms with Crippen molar-refractivity contribution >= 4 is 71.5 Å². The van der Waals surface area contributed by atoms with E-state index in [4.69, 9.17) is 11.6 Å². The number of thiophene rings is 1. The lowest BCUT2D eigenvalue weighted by Crippen LogP contribution is -1.84. The third kappa shape index (κ3) is 1.76. The van der Waals surface area contributed by atoms with Crippen LogP contribution in [0.3, 0.4) is 0 Å². The van der Waals surface area contributed by atoms with Gasteiger partial charge in [0.25, 0.3) is 0 Å². The molecular weight excluding hydrogens is 382 g/mol. The fourth-order valence-corrected chi connectivity index (χ4v) is 4.12. The Morgan fingerprint density at radius 2 is 2.23 bits per heavy atom. The summed E-state index contributed by atoms with van der Waals surface area (Å²) in [5, 5.41) is 3.38. The first-order valence-electron chi connectivity index (χ1n) is 3.64. The number of fused-ring (bicyclic) bond motifs is 1. The minimum absolute atomic E-state index is 0.574. The molecule has 2 aromatic rings. The van der Waals surface area contributed by atoms with E-state index in [1.807, 2.05) is 0 Å². The Morgan fingerprint density at radius 1 is 1.46 bits per heavy atom. The molecule has 0 N–H and O–H groups in total. The fraction of sp³-hybridized carbons (Fsp3) is 0.111. The molecule has 1 aromatic carbocycles. The molecule has 0 unspecified atom stereocenters. The van der Waals surface area contributed by atoms with Gasteiger partial charge in [-0.25, -0.2) is 0 Å². The predicted octanol–water partition coefficient (Wildman–Crippen LogP) is 5.01. The third-order valence-electron chi connectivity index (χ3n) is 1.88. The molecule has 0 aliphatic carbocycles. The van der Waals surface area contributed by atoms with Crippen molar-refractivity contribution in [3.8, 4) is 0 Å². The second-order valence-electron chi connectivity index (χ2n) is 2.62. The van der Waals surface area contributed by atoms with E-state index in [0.29, 0.717) is 5.88 Å². The number of benzene rings is 1. The van der Waals surface area contributed by atoms with Gasteiger partial charge in [0.05, 0.1) is 0 Å². The second kappa shape index (κ2) is 4.04. The topological polar surface area (TPSA) is 0 Å². The zero-order valence-corrected chi connectivity index (χ0v) is 11.8. The molecule has 1 aromatic heterocycles. The molecule has 2 rings (SSSR count). The minimum Gasteiger partial charge on any atom is -0.143 e. The van der Waals surface area contributed by atoms with Crippen molar-refractivity contribution in [3.63, 3.8) is 0 Å². The van der Waals surface area contributed by atoms with Crippen molar-refractivity contribution in [1.82, 2.24) is 0 Å². The molecule has 0 atom stereocenters. The van der Waals surface area contributed by atoms with Gasteiger partial charge >= 0.3 is 0 Å². The van der Waals surface area contributed by atoms with Crippen LogP contribution in [0.1, 0.15) is 5.56 Å². The number of alkyl halides is 1. The minimum atomic E-state index is 0.574. The highest BCUT2D eigenvalue weighted by Gasteiger charge is 2.09. The smallest absolute Gasteiger partial charge is 0.0491 e. The van der Waals surface area contributed by atoms with E-state index in [0.717, 1.165) is 4.47 Å². The summed E-state index contributed by atoms with van der Waals surface area (Å²) in [4.78, 5) is 0. The summed E-state index contributed by atoms with van der Waals surface area (Å²) in [6.07, 6.45) is 0. The van der Waals surface area contributed by atoms with Crippen LogP contribution >= 0.6 is 61.5 Å². The molecule has 1 heterocycles. The summed E-state index contributed by atoms with van der Waals surface area (Å²) >= 11 is 13.5. The lowest BCUT2D eigenvalue weighted by atomic mass is 10.1. The SMILES string of the molecule is ClCc1c(I)ccc2scc(Br)c12. The van der Waals surface area contributed by atoms with Crippen molar-refractivity contribution in [1.29, 1.82) is 0 Å². The van der Waals surface area contributed by atoms with Gasteiger partial charge in [-0.3, -0.25) is 0 Å². The molecule has 0 saturated heterocycles. The molecule has 4 heteroatoms. The second-order valence-corrected chi connectivity index (χ2v) is 5.81. The quantitative estimate of drug-likeness (QED) is 0.477. The summed E-state index contributed by atoms with van der Waals surface area (Å²) in [6.45, 7) is 0. The highest BCUT2D eigenvalue weighted by Crippen LogP contribution is 2.35. The van der Waals surface area contributed by atoms with E-state index in [1.165, 1.54) is 19.2 Å². The van der Waals surface area contributed by atoms with E-state index < -0.39 is 0 Å².